The topological polar surface area (TPSA) is 85.4 Å². The highest BCUT2D eigenvalue weighted by Gasteiger charge is 2.12. The molecule has 1 aromatic heterocycles. The van der Waals surface area contributed by atoms with Gasteiger partial charge in [-0.15, -0.1) is 0 Å². The maximum absolute atomic E-state index is 12.2. The van der Waals surface area contributed by atoms with Gasteiger partial charge in [0.05, 0.1) is 21.7 Å². The van der Waals surface area contributed by atoms with E-state index in [4.69, 9.17) is 4.74 Å². The quantitative estimate of drug-likeness (QED) is 0.584. The maximum atomic E-state index is 12.2. The van der Waals surface area contributed by atoms with Gasteiger partial charge in [0.2, 0.25) is 5.91 Å². The summed E-state index contributed by atoms with van der Waals surface area (Å²) in [7, 11) is -3.27. The summed E-state index contributed by atoms with van der Waals surface area (Å²) in [5.74, 6) is 0.695. The Balaban J connectivity index is 1.54. The van der Waals surface area contributed by atoms with Gasteiger partial charge in [-0.2, -0.15) is 0 Å². The molecule has 3 aromatic rings. The van der Waals surface area contributed by atoms with Crippen LogP contribution in [0.5, 0.6) is 5.75 Å². The highest BCUT2D eigenvalue weighted by Crippen LogP contribution is 2.28. The van der Waals surface area contributed by atoms with E-state index in [2.05, 4.69) is 10.3 Å². The monoisotopic (exact) mass is 418 g/mol. The predicted octanol–water partition coefficient (Wildman–Crippen LogP) is 4.11. The Bertz CT molecular complexity index is 1120. The molecule has 0 fully saturated rings. The van der Waals surface area contributed by atoms with Gasteiger partial charge in [-0.25, -0.2) is 13.4 Å². The highest BCUT2D eigenvalue weighted by atomic mass is 32.2. The molecule has 0 bridgehead atoms. The van der Waals surface area contributed by atoms with E-state index >= 15 is 0 Å². The van der Waals surface area contributed by atoms with Crippen LogP contribution in [0.2, 0.25) is 0 Å². The van der Waals surface area contributed by atoms with Crippen molar-refractivity contribution < 1.29 is 17.9 Å². The van der Waals surface area contributed by atoms with E-state index in [1.54, 1.807) is 12.1 Å². The summed E-state index contributed by atoms with van der Waals surface area (Å²) in [5, 5.41) is 3.23. The molecule has 0 aliphatic carbocycles. The summed E-state index contributed by atoms with van der Waals surface area (Å²) in [5.41, 5.74) is 2.86. The first kappa shape index (κ1) is 20.3. The zero-order chi connectivity index (χ0) is 20.3. The van der Waals surface area contributed by atoms with Crippen molar-refractivity contribution >= 4 is 42.4 Å². The van der Waals surface area contributed by atoms with E-state index < -0.39 is 9.84 Å². The predicted molar refractivity (Wildman–Crippen MR) is 112 cm³/mol. The van der Waals surface area contributed by atoms with Gasteiger partial charge in [0.1, 0.15) is 5.75 Å². The zero-order valence-electron chi connectivity index (χ0n) is 16.0. The molecule has 0 spiro atoms. The molecule has 0 atom stereocenters. The lowest BCUT2D eigenvalue weighted by Crippen LogP contribution is -2.12. The molecule has 1 amide bonds. The van der Waals surface area contributed by atoms with Crippen molar-refractivity contribution in [2.45, 2.75) is 31.6 Å². The minimum atomic E-state index is -3.27. The van der Waals surface area contributed by atoms with Crippen molar-refractivity contribution in [1.82, 2.24) is 4.98 Å². The fourth-order valence-corrected chi connectivity index (χ4v) is 4.29. The van der Waals surface area contributed by atoms with Gasteiger partial charge in [-0.1, -0.05) is 23.5 Å². The number of carbonyl (C=O) groups is 1. The average molecular weight is 419 g/mol. The summed E-state index contributed by atoms with van der Waals surface area (Å²) < 4.78 is 29.8. The third-order valence-corrected chi connectivity index (χ3v) is 6.23. The Hall–Kier alpha value is -2.45. The van der Waals surface area contributed by atoms with Gasteiger partial charge >= 0.3 is 0 Å². The van der Waals surface area contributed by atoms with Crippen molar-refractivity contribution in [3.8, 4) is 5.75 Å². The summed E-state index contributed by atoms with van der Waals surface area (Å²) in [6.45, 7) is 4.45. The SMILES string of the molecule is Cc1ccc(C)c(OCCCC(=O)Nc2nc3ccc(S(C)(=O)=O)cc3s2)c1. The molecule has 0 radical (unpaired) electrons. The molecule has 0 unspecified atom stereocenters. The largest absolute Gasteiger partial charge is 0.493 e. The molecule has 2 aromatic carbocycles. The van der Waals surface area contributed by atoms with Crippen LogP contribution in [0.15, 0.2) is 41.3 Å². The minimum Gasteiger partial charge on any atom is -0.493 e. The van der Waals surface area contributed by atoms with E-state index in [1.807, 2.05) is 32.0 Å². The van der Waals surface area contributed by atoms with Crippen LogP contribution < -0.4 is 10.1 Å². The Morgan fingerprint density at radius 3 is 2.71 bits per heavy atom. The lowest BCUT2D eigenvalue weighted by molar-refractivity contribution is -0.116. The number of thiazole rings is 1. The van der Waals surface area contributed by atoms with Crippen molar-refractivity contribution in [2.75, 3.05) is 18.2 Å². The molecule has 3 rings (SSSR count). The molecule has 8 heteroatoms. The number of ether oxygens (including phenoxy) is 1. The molecular formula is C20H22N2O4S2. The number of benzene rings is 2. The second-order valence-electron chi connectivity index (χ2n) is 6.69. The molecule has 148 valence electrons. The number of aryl methyl sites for hydroxylation is 2. The minimum absolute atomic E-state index is 0.146. The summed E-state index contributed by atoms with van der Waals surface area (Å²) in [4.78, 5) is 16.7. The van der Waals surface area contributed by atoms with Crippen LogP contribution >= 0.6 is 11.3 Å². The smallest absolute Gasteiger partial charge is 0.226 e. The Morgan fingerprint density at radius 2 is 1.96 bits per heavy atom. The van der Waals surface area contributed by atoms with Gasteiger partial charge in [-0.05, 0) is 55.7 Å². The molecule has 6 nitrogen and oxygen atoms in total. The van der Waals surface area contributed by atoms with E-state index in [0.29, 0.717) is 30.1 Å². The van der Waals surface area contributed by atoms with Crippen molar-refractivity contribution in [2.24, 2.45) is 0 Å². The molecule has 1 N–H and O–H groups in total. The number of amides is 1. The first-order valence-electron chi connectivity index (χ1n) is 8.83. The van der Waals surface area contributed by atoms with Gasteiger partial charge in [0.25, 0.3) is 0 Å². The van der Waals surface area contributed by atoms with E-state index in [-0.39, 0.29) is 10.8 Å². The number of nitrogens with one attached hydrogen (secondary N) is 1. The van der Waals surface area contributed by atoms with Gasteiger partial charge in [0.15, 0.2) is 15.0 Å². The Labute approximate surface area is 168 Å². The number of rotatable bonds is 7. The normalized spacial score (nSPS) is 11.5. The first-order chi connectivity index (χ1) is 13.2. The third kappa shape index (κ3) is 5.08. The second-order valence-corrected chi connectivity index (χ2v) is 9.74. The van der Waals surface area contributed by atoms with Crippen LogP contribution in [0.4, 0.5) is 5.13 Å². The number of hydrogen-bond acceptors (Lipinski definition) is 6. The van der Waals surface area contributed by atoms with Crippen LogP contribution in [-0.4, -0.2) is 32.2 Å². The number of carbonyl (C=O) groups excluding carboxylic acids is 1. The Morgan fingerprint density at radius 1 is 1.18 bits per heavy atom. The molecule has 0 saturated carbocycles. The second kappa shape index (κ2) is 8.28. The van der Waals surface area contributed by atoms with E-state index in [0.717, 1.165) is 27.8 Å². The Kier molecular flexibility index (Phi) is 6.00. The highest BCUT2D eigenvalue weighted by molar-refractivity contribution is 7.90. The number of nitrogens with zero attached hydrogens (tertiary/aromatic N) is 1. The van der Waals surface area contributed by atoms with E-state index in [9.17, 15) is 13.2 Å². The van der Waals surface area contributed by atoms with Crippen LogP contribution in [0.3, 0.4) is 0 Å². The van der Waals surface area contributed by atoms with Crippen molar-refractivity contribution in [3.05, 3.63) is 47.5 Å². The van der Waals surface area contributed by atoms with E-state index in [1.165, 1.54) is 17.4 Å². The molecule has 28 heavy (non-hydrogen) atoms. The maximum Gasteiger partial charge on any atom is 0.226 e. The summed E-state index contributed by atoms with van der Waals surface area (Å²) in [6.07, 6.45) is 2.07. The first-order valence-corrected chi connectivity index (χ1v) is 11.5. The number of hydrogen-bond donors (Lipinski definition) is 1. The standard InChI is InChI=1S/C20H22N2O4S2/c1-13-6-7-14(2)17(11-13)26-10-4-5-19(23)22-20-21-16-9-8-15(28(3,24)25)12-18(16)27-20/h6-9,11-12H,4-5,10H2,1-3H3,(H,21,22,23). The molecule has 0 saturated heterocycles. The summed E-state index contributed by atoms with van der Waals surface area (Å²) >= 11 is 1.26. The molecular weight excluding hydrogens is 396 g/mol. The molecule has 0 aliphatic rings. The fraction of sp³-hybridized carbons (Fsp3) is 0.300. The van der Waals surface area contributed by atoms with Gasteiger partial charge < -0.3 is 10.1 Å². The number of sulfone groups is 1. The molecule has 0 aliphatic heterocycles. The summed E-state index contributed by atoms with van der Waals surface area (Å²) in [6, 6.07) is 10.8. The van der Waals surface area contributed by atoms with Crippen LogP contribution in [0, 0.1) is 13.8 Å². The van der Waals surface area contributed by atoms with Crippen molar-refractivity contribution in [3.63, 3.8) is 0 Å². The van der Waals surface area contributed by atoms with Gasteiger partial charge in [-0.3, -0.25) is 4.79 Å². The lowest BCUT2D eigenvalue weighted by atomic mass is 10.1. The zero-order valence-corrected chi connectivity index (χ0v) is 17.6. The number of anilines is 1. The number of fused-ring (bicyclic) bond motifs is 1. The van der Waals surface area contributed by atoms with Crippen LogP contribution in [0.1, 0.15) is 24.0 Å². The van der Waals surface area contributed by atoms with Crippen LogP contribution in [0.25, 0.3) is 10.2 Å². The average Bonchev–Trinajstić information content (AvgIpc) is 3.02. The van der Waals surface area contributed by atoms with Crippen molar-refractivity contribution in [1.29, 1.82) is 0 Å². The van der Waals surface area contributed by atoms with Crippen LogP contribution in [-0.2, 0) is 14.6 Å². The lowest BCUT2D eigenvalue weighted by Gasteiger charge is -2.09. The third-order valence-electron chi connectivity index (χ3n) is 4.18. The van der Waals surface area contributed by atoms with Gasteiger partial charge in [0, 0.05) is 12.7 Å². The molecule has 1 heterocycles. The number of aromatic nitrogens is 1. The fourth-order valence-electron chi connectivity index (χ4n) is 2.65.